The first-order valence-corrected chi connectivity index (χ1v) is 4.34. The molecule has 1 unspecified atom stereocenters. The summed E-state index contributed by atoms with van der Waals surface area (Å²) in [5, 5.41) is 0. The number of carbonyl (C=O) groups excluding carboxylic acids is 1. The normalized spacial score (nSPS) is 15.3. The number of carbonyl (C=O) groups is 1. The molecule has 0 aromatic heterocycles. The molecule has 6 heteroatoms. The van der Waals surface area contributed by atoms with Gasteiger partial charge in [-0.15, -0.1) is 0 Å². The van der Waals surface area contributed by atoms with E-state index in [1.54, 1.807) is 0 Å². The fraction of sp³-hybridized carbons (Fsp3) is 0.875. The van der Waals surface area contributed by atoms with E-state index in [2.05, 4.69) is 4.74 Å². The molecule has 0 spiro atoms. The lowest BCUT2D eigenvalue weighted by Crippen LogP contribution is -2.54. The quantitative estimate of drug-likeness (QED) is 0.486. The smallest absolute Gasteiger partial charge is 0.331 e. The summed E-state index contributed by atoms with van der Waals surface area (Å²) in [7, 11) is 1.04. The van der Waals surface area contributed by atoms with Crippen LogP contribution in [0.1, 0.15) is 19.3 Å². The Kier molecular flexibility index (Phi) is 5.56. The molecule has 0 aromatic carbocycles. The van der Waals surface area contributed by atoms with Crippen LogP contribution in [0, 0.1) is 0 Å². The van der Waals surface area contributed by atoms with Crippen LogP contribution in [-0.4, -0.2) is 31.6 Å². The molecule has 4 nitrogen and oxygen atoms in total. The first kappa shape index (κ1) is 13.2. The molecule has 0 fully saturated rings. The summed E-state index contributed by atoms with van der Waals surface area (Å²) < 4.78 is 29.2. The highest BCUT2D eigenvalue weighted by atomic mass is 19.3. The van der Waals surface area contributed by atoms with Gasteiger partial charge in [-0.2, -0.15) is 0 Å². The predicted octanol–water partition coefficient (Wildman–Crippen LogP) is 0.251. The van der Waals surface area contributed by atoms with Gasteiger partial charge < -0.3 is 16.2 Å². The van der Waals surface area contributed by atoms with E-state index in [-0.39, 0.29) is 6.42 Å². The molecule has 1 atom stereocenters. The van der Waals surface area contributed by atoms with Crippen LogP contribution in [0.2, 0.25) is 0 Å². The Hall–Kier alpha value is -0.750. The van der Waals surface area contributed by atoms with Gasteiger partial charge in [-0.25, -0.2) is 13.6 Å². The van der Waals surface area contributed by atoms with Crippen molar-refractivity contribution < 1.29 is 18.3 Å². The molecule has 0 aliphatic heterocycles. The van der Waals surface area contributed by atoms with Gasteiger partial charge in [0.25, 0.3) is 6.43 Å². The van der Waals surface area contributed by atoms with Gasteiger partial charge in [-0.1, -0.05) is 0 Å². The predicted molar refractivity (Wildman–Crippen MR) is 47.8 cm³/mol. The second-order valence-electron chi connectivity index (χ2n) is 3.08. The zero-order chi connectivity index (χ0) is 11.2. The molecular formula is C8H16F2N2O2. The largest absolute Gasteiger partial charge is 0.467 e. The number of methoxy groups -OCH3 is 1. The number of esters is 1. The monoisotopic (exact) mass is 210 g/mol. The third-order valence-electron chi connectivity index (χ3n) is 2.00. The zero-order valence-electron chi connectivity index (χ0n) is 8.13. The maximum absolute atomic E-state index is 12.5. The molecule has 0 aliphatic rings. The Labute approximate surface area is 81.6 Å². The zero-order valence-corrected chi connectivity index (χ0v) is 8.13. The van der Waals surface area contributed by atoms with Crippen molar-refractivity contribution in [2.45, 2.75) is 31.2 Å². The van der Waals surface area contributed by atoms with Crippen molar-refractivity contribution >= 4 is 5.97 Å². The van der Waals surface area contributed by atoms with Crippen molar-refractivity contribution in [2.75, 3.05) is 13.7 Å². The summed E-state index contributed by atoms with van der Waals surface area (Å²) in [5.74, 6) is -1.08. The number of nitrogens with two attached hydrogens (primary N) is 2. The molecule has 0 aromatic rings. The summed E-state index contributed by atoms with van der Waals surface area (Å²) >= 11 is 0. The molecule has 0 radical (unpaired) electrons. The average molecular weight is 210 g/mol. The van der Waals surface area contributed by atoms with Crippen LogP contribution in [0.3, 0.4) is 0 Å². The molecule has 84 valence electrons. The molecule has 0 amide bonds. The Bertz CT molecular complexity index is 190. The Balaban J connectivity index is 4.32. The number of alkyl halides is 2. The Morgan fingerprint density at radius 2 is 2.07 bits per heavy atom. The van der Waals surface area contributed by atoms with Gasteiger partial charge in [0.05, 0.1) is 7.11 Å². The van der Waals surface area contributed by atoms with Gasteiger partial charge in [-0.05, 0) is 25.8 Å². The average Bonchev–Trinajstić information content (AvgIpc) is 2.16. The third kappa shape index (κ3) is 3.19. The molecule has 14 heavy (non-hydrogen) atoms. The number of hydrogen-bond acceptors (Lipinski definition) is 4. The van der Waals surface area contributed by atoms with Crippen molar-refractivity contribution in [3.8, 4) is 0 Å². The maximum Gasteiger partial charge on any atom is 0.331 e. The summed E-state index contributed by atoms with van der Waals surface area (Å²) in [5.41, 5.74) is 8.28. The minimum atomic E-state index is -2.92. The molecular weight excluding hydrogens is 194 g/mol. The highest BCUT2D eigenvalue weighted by molar-refractivity contribution is 5.81. The van der Waals surface area contributed by atoms with Gasteiger partial charge in [0.1, 0.15) is 0 Å². The third-order valence-corrected chi connectivity index (χ3v) is 2.00. The molecule has 0 aliphatic carbocycles. The van der Waals surface area contributed by atoms with E-state index in [1.165, 1.54) is 0 Å². The summed E-state index contributed by atoms with van der Waals surface area (Å²) in [6.45, 7) is 0.389. The number of ether oxygens (including phenoxy) is 1. The lowest BCUT2D eigenvalue weighted by atomic mass is 9.94. The first-order chi connectivity index (χ1) is 6.49. The molecule has 0 rings (SSSR count). The van der Waals surface area contributed by atoms with Gasteiger partial charge >= 0.3 is 5.97 Å². The second kappa shape index (κ2) is 5.87. The van der Waals surface area contributed by atoms with Gasteiger partial charge in [0.15, 0.2) is 5.54 Å². The van der Waals surface area contributed by atoms with Crippen LogP contribution >= 0.6 is 0 Å². The summed E-state index contributed by atoms with van der Waals surface area (Å²) in [6.07, 6.45) is -2.10. The molecule has 0 saturated heterocycles. The topological polar surface area (TPSA) is 78.3 Å². The number of hydrogen-bond donors (Lipinski definition) is 2. The van der Waals surface area contributed by atoms with Crippen molar-refractivity contribution in [2.24, 2.45) is 11.5 Å². The van der Waals surface area contributed by atoms with Crippen LogP contribution in [0.15, 0.2) is 0 Å². The number of halogens is 2. The highest BCUT2D eigenvalue weighted by Gasteiger charge is 2.44. The van der Waals surface area contributed by atoms with E-state index in [0.29, 0.717) is 19.4 Å². The summed E-state index contributed by atoms with van der Waals surface area (Å²) in [4.78, 5) is 11.0. The van der Waals surface area contributed by atoms with Gasteiger partial charge in [-0.3, -0.25) is 0 Å². The van der Waals surface area contributed by atoms with E-state index >= 15 is 0 Å². The maximum atomic E-state index is 12.5. The minimum Gasteiger partial charge on any atom is -0.467 e. The van der Waals surface area contributed by atoms with Crippen LogP contribution in [-0.2, 0) is 9.53 Å². The number of unbranched alkanes of at least 4 members (excludes halogenated alkanes) is 1. The van der Waals surface area contributed by atoms with Crippen LogP contribution in [0.25, 0.3) is 0 Å². The van der Waals surface area contributed by atoms with Crippen molar-refractivity contribution in [3.63, 3.8) is 0 Å². The van der Waals surface area contributed by atoms with E-state index in [0.717, 1.165) is 7.11 Å². The molecule has 4 N–H and O–H groups in total. The lowest BCUT2D eigenvalue weighted by Gasteiger charge is -2.25. The van der Waals surface area contributed by atoms with E-state index < -0.39 is 17.9 Å². The fourth-order valence-corrected chi connectivity index (χ4v) is 1.05. The standard InChI is InChI=1S/C8H16F2N2O2/c1-14-7(13)8(12,6(9)10)4-2-3-5-11/h6H,2-5,11-12H2,1H3. The van der Waals surface area contributed by atoms with E-state index in [1.807, 2.05) is 0 Å². The second-order valence-corrected chi connectivity index (χ2v) is 3.08. The molecule has 0 heterocycles. The van der Waals surface area contributed by atoms with E-state index in [4.69, 9.17) is 11.5 Å². The molecule has 0 bridgehead atoms. The SMILES string of the molecule is COC(=O)C(N)(CCCCN)C(F)F. The Morgan fingerprint density at radius 3 is 2.43 bits per heavy atom. The van der Waals surface area contributed by atoms with E-state index in [9.17, 15) is 13.6 Å². The fourth-order valence-electron chi connectivity index (χ4n) is 1.05. The van der Waals surface area contributed by atoms with Gasteiger partial charge in [0, 0.05) is 0 Å². The lowest BCUT2D eigenvalue weighted by molar-refractivity contribution is -0.154. The first-order valence-electron chi connectivity index (χ1n) is 4.34. The van der Waals surface area contributed by atoms with Crippen LogP contribution in [0.4, 0.5) is 8.78 Å². The Morgan fingerprint density at radius 1 is 1.50 bits per heavy atom. The van der Waals surface area contributed by atoms with Crippen molar-refractivity contribution in [3.05, 3.63) is 0 Å². The number of rotatable bonds is 6. The van der Waals surface area contributed by atoms with Crippen molar-refractivity contribution in [1.82, 2.24) is 0 Å². The highest BCUT2D eigenvalue weighted by Crippen LogP contribution is 2.21. The van der Waals surface area contributed by atoms with Crippen LogP contribution < -0.4 is 11.5 Å². The van der Waals surface area contributed by atoms with Crippen LogP contribution in [0.5, 0.6) is 0 Å². The van der Waals surface area contributed by atoms with Gasteiger partial charge in [0.2, 0.25) is 0 Å². The minimum absolute atomic E-state index is 0.117. The molecule has 0 saturated carbocycles. The van der Waals surface area contributed by atoms with Crippen molar-refractivity contribution in [1.29, 1.82) is 0 Å². The summed E-state index contributed by atoms with van der Waals surface area (Å²) in [6, 6.07) is 0.